The minimum Gasteiger partial charge on any atom is -0.316 e. The zero-order valence-electron chi connectivity index (χ0n) is 15.8. The first-order valence-electron chi connectivity index (χ1n) is 9.93. The zero-order chi connectivity index (χ0) is 21.3. The highest BCUT2D eigenvalue weighted by Crippen LogP contribution is 2.50. The molecule has 2 bridgehead atoms. The number of rotatable bonds is 2. The molecule has 158 valence electrons. The average Bonchev–Trinajstić information content (AvgIpc) is 3.09. The molecule has 0 radical (unpaired) electrons. The summed E-state index contributed by atoms with van der Waals surface area (Å²) in [6.07, 6.45) is 1.25. The van der Waals surface area contributed by atoms with Crippen LogP contribution in [0, 0.1) is 29.3 Å². The summed E-state index contributed by atoms with van der Waals surface area (Å²) in [5.41, 5.74) is -1.56. The lowest BCUT2D eigenvalue weighted by Crippen LogP contribution is -2.54. The van der Waals surface area contributed by atoms with Gasteiger partial charge < -0.3 is 5.32 Å². The first-order valence-corrected chi connectivity index (χ1v) is 9.93. The van der Waals surface area contributed by atoms with Crippen LogP contribution in [0.4, 0.5) is 13.2 Å². The summed E-state index contributed by atoms with van der Waals surface area (Å²) in [5.74, 6) is -9.23. The second-order valence-electron chi connectivity index (χ2n) is 8.33. The Morgan fingerprint density at radius 1 is 0.800 bits per heavy atom. The average molecular weight is 421 g/mol. The molecule has 7 nitrogen and oxygen atoms in total. The fourth-order valence-electron chi connectivity index (χ4n) is 5.51. The van der Waals surface area contributed by atoms with Crippen molar-refractivity contribution in [3.05, 3.63) is 34.1 Å². The van der Waals surface area contributed by atoms with Crippen LogP contribution in [0.1, 0.15) is 57.9 Å². The van der Waals surface area contributed by atoms with Crippen LogP contribution >= 0.6 is 0 Å². The van der Waals surface area contributed by atoms with E-state index in [1.54, 1.807) is 0 Å². The number of fused-ring (bicyclic) bond motifs is 3. The van der Waals surface area contributed by atoms with E-state index in [2.05, 4.69) is 5.32 Å². The van der Waals surface area contributed by atoms with E-state index in [9.17, 15) is 28.0 Å². The summed E-state index contributed by atoms with van der Waals surface area (Å²) in [5, 5.41) is 5.25. The summed E-state index contributed by atoms with van der Waals surface area (Å²) >= 11 is 0. The van der Waals surface area contributed by atoms with E-state index in [4.69, 9.17) is 0 Å². The van der Waals surface area contributed by atoms with Crippen LogP contribution in [0.15, 0.2) is 0 Å². The lowest BCUT2D eigenvalue weighted by molar-refractivity contribution is -0.136. The molecule has 3 heterocycles. The van der Waals surface area contributed by atoms with Crippen molar-refractivity contribution in [2.24, 2.45) is 11.8 Å². The Bertz CT molecular complexity index is 1010. The summed E-state index contributed by atoms with van der Waals surface area (Å²) in [6, 6.07) is -1.33. The van der Waals surface area contributed by atoms with Crippen LogP contribution in [0.5, 0.6) is 0 Å². The Balaban J connectivity index is 1.66. The van der Waals surface area contributed by atoms with Gasteiger partial charge in [0.05, 0.1) is 11.1 Å². The van der Waals surface area contributed by atoms with E-state index in [1.165, 1.54) is 0 Å². The van der Waals surface area contributed by atoms with E-state index in [-0.39, 0.29) is 30.2 Å². The Kier molecular flexibility index (Phi) is 4.25. The quantitative estimate of drug-likeness (QED) is 0.553. The number of halogens is 3. The van der Waals surface area contributed by atoms with Gasteiger partial charge in [-0.3, -0.25) is 29.4 Å². The zero-order valence-corrected chi connectivity index (χ0v) is 15.8. The molecule has 4 amide bonds. The summed E-state index contributed by atoms with van der Waals surface area (Å²) in [6.45, 7) is 1.10. The number of hydrogen-bond acceptors (Lipinski definition) is 5. The first-order chi connectivity index (χ1) is 14.3. The number of piperidine rings is 2. The van der Waals surface area contributed by atoms with Crippen molar-refractivity contribution in [2.45, 2.75) is 37.6 Å². The fourth-order valence-corrected chi connectivity index (χ4v) is 5.51. The molecule has 2 saturated heterocycles. The van der Waals surface area contributed by atoms with E-state index >= 15 is 4.39 Å². The van der Waals surface area contributed by atoms with Gasteiger partial charge in [0.1, 0.15) is 6.04 Å². The topological polar surface area (TPSA) is 95.6 Å². The van der Waals surface area contributed by atoms with Gasteiger partial charge in [0.2, 0.25) is 11.8 Å². The number of carbonyl (C=O) groups excluding carboxylic acids is 4. The number of carbonyl (C=O) groups is 4. The molecule has 10 heteroatoms. The molecule has 0 spiro atoms. The second-order valence-corrected chi connectivity index (χ2v) is 8.33. The maximum Gasteiger partial charge on any atom is 0.265 e. The Hall–Kier alpha value is -2.75. The van der Waals surface area contributed by atoms with Crippen molar-refractivity contribution in [1.82, 2.24) is 15.5 Å². The number of hydrogen-bond donors (Lipinski definition) is 2. The molecule has 3 aliphatic heterocycles. The van der Waals surface area contributed by atoms with Crippen molar-refractivity contribution >= 4 is 23.6 Å². The fraction of sp³-hybridized carbons (Fsp3) is 0.500. The number of nitrogens with one attached hydrogen (secondary N) is 2. The minimum atomic E-state index is -1.78. The highest BCUT2D eigenvalue weighted by atomic mass is 19.2. The van der Waals surface area contributed by atoms with Gasteiger partial charge in [-0.25, -0.2) is 13.2 Å². The molecule has 4 aliphatic rings. The van der Waals surface area contributed by atoms with Gasteiger partial charge in [-0.05, 0) is 50.1 Å². The van der Waals surface area contributed by atoms with E-state index in [1.807, 2.05) is 5.32 Å². The predicted octanol–water partition coefficient (Wildman–Crippen LogP) is 1.22. The molecule has 1 aromatic carbocycles. The van der Waals surface area contributed by atoms with Gasteiger partial charge in [-0.15, -0.1) is 0 Å². The summed E-state index contributed by atoms with van der Waals surface area (Å²) < 4.78 is 44.2. The van der Waals surface area contributed by atoms with Crippen molar-refractivity contribution in [3.63, 3.8) is 0 Å². The number of amides is 4. The lowest BCUT2D eigenvalue weighted by atomic mass is 9.77. The van der Waals surface area contributed by atoms with Crippen LogP contribution in [-0.4, -0.2) is 47.7 Å². The SMILES string of the molecule is O=C1CCC(N2C(=O)c3c(F)c(F)c(F)c([C@@H]4[C@@H]5CC[C@H]4CNC5)c3C2=O)C(=O)N1. The molecular weight excluding hydrogens is 403 g/mol. The van der Waals surface area contributed by atoms with Crippen LogP contribution in [0.25, 0.3) is 0 Å². The molecule has 1 saturated carbocycles. The largest absolute Gasteiger partial charge is 0.316 e. The standard InChI is InChI=1S/C20H18F3N3O4/c21-15-12(11-7-1-2-8(11)6-24-5-7)13-14(16(22)17(15)23)20(30)26(19(13)29)9-3-4-10(27)25-18(9)28/h7-9,11,24H,1-6H2,(H,25,27,28)/t7-,8+,9?,11-. The maximum absolute atomic E-state index is 15.0. The summed E-state index contributed by atoms with van der Waals surface area (Å²) in [7, 11) is 0. The second kappa shape index (κ2) is 6.63. The third kappa shape index (κ3) is 2.49. The maximum atomic E-state index is 15.0. The molecule has 30 heavy (non-hydrogen) atoms. The molecule has 0 aromatic heterocycles. The molecular formula is C20H18F3N3O4. The third-order valence-electron chi connectivity index (χ3n) is 6.82. The van der Waals surface area contributed by atoms with E-state index in [0.717, 1.165) is 12.8 Å². The number of benzene rings is 1. The highest BCUT2D eigenvalue weighted by molar-refractivity contribution is 6.24. The molecule has 2 N–H and O–H groups in total. The molecule has 1 aromatic rings. The van der Waals surface area contributed by atoms with Gasteiger partial charge in [0, 0.05) is 12.0 Å². The minimum absolute atomic E-state index is 0.0697. The molecule has 1 aliphatic carbocycles. The molecule has 5 rings (SSSR count). The van der Waals surface area contributed by atoms with Crippen LogP contribution in [0.2, 0.25) is 0 Å². The van der Waals surface area contributed by atoms with Crippen molar-refractivity contribution in [3.8, 4) is 0 Å². The van der Waals surface area contributed by atoms with Gasteiger partial charge in [0.25, 0.3) is 11.8 Å². The van der Waals surface area contributed by atoms with Crippen molar-refractivity contribution in [2.75, 3.05) is 13.1 Å². The monoisotopic (exact) mass is 421 g/mol. The normalized spacial score (nSPS) is 30.7. The highest BCUT2D eigenvalue weighted by Gasteiger charge is 2.52. The van der Waals surface area contributed by atoms with Gasteiger partial charge in [0.15, 0.2) is 17.5 Å². The molecule has 1 unspecified atom stereocenters. The van der Waals surface area contributed by atoms with Gasteiger partial charge >= 0.3 is 0 Å². The van der Waals surface area contributed by atoms with Crippen LogP contribution in [-0.2, 0) is 9.59 Å². The van der Waals surface area contributed by atoms with Crippen molar-refractivity contribution in [1.29, 1.82) is 0 Å². The van der Waals surface area contributed by atoms with Crippen LogP contribution in [0.3, 0.4) is 0 Å². The molecule has 3 fully saturated rings. The van der Waals surface area contributed by atoms with Gasteiger partial charge in [-0.1, -0.05) is 0 Å². The van der Waals surface area contributed by atoms with Crippen LogP contribution < -0.4 is 10.6 Å². The molecule has 4 atom stereocenters. The number of nitrogens with zero attached hydrogens (tertiary/aromatic N) is 1. The third-order valence-corrected chi connectivity index (χ3v) is 6.82. The first kappa shape index (κ1) is 19.2. The Morgan fingerprint density at radius 3 is 2.07 bits per heavy atom. The Morgan fingerprint density at radius 2 is 1.43 bits per heavy atom. The lowest BCUT2D eigenvalue weighted by Gasteiger charge is -2.32. The van der Waals surface area contributed by atoms with E-state index in [0.29, 0.717) is 18.0 Å². The van der Waals surface area contributed by atoms with Gasteiger partial charge in [-0.2, -0.15) is 0 Å². The predicted molar refractivity (Wildman–Crippen MR) is 94.8 cm³/mol. The number of imide groups is 2. The van der Waals surface area contributed by atoms with Crippen molar-refractivity contribution < 1.29 is 32.3 Å². The Labute approximate surface area is 169 Å². The van der Waals surface area contributed by atoms with E-state index < -0.39 is 64.2 Å². The smallest absolute Gasteiger partial charge is 0.265 e. The summed E-state index contributed by atoms with van der Waals surface area (Å²) in [4.78, 5) is 50.3.